The Balaban J connectivity index is 3.35. The molecule has 0 atom stereocenters. The average molecular weight is 226 g/mol. The maximum atomic E-state index is 10.4. The van der Waals surface area contributed by atoms with Crippen LogP contribution in [0.3, 0.4) is 0 Å². The number of benzene rings is 1. The van der Waals surface area contributed by atoms with E-state index in [1.54, 1.807) is 0 Å². The Labute approximate surface area is 87.7 Å². The summed E-state index contributed by atoms with van der Waals surface area (Å²) in [5.41, 5.74) is -1.34. The number of nitro groups is 2. The summed E-state index contributed by atoms with van der Waals surface area (Å²) in [6, 6.07) is 2.50. The molecule has 0 bridgehead atoms. The number of hydrogen-bond acceptors (Lipinski definition) is 6. The molecule has 1 rings (SSSR count). The first kappa shape index (κ1) is 11.4. The zero-order chi connectivity index (χ0) is 12.3. The molecular formula is C7H4N3O6-. The summed E-state index contributed by atoms with van der Waals surface area (Å²) in [4.78, 5) is 18.3. The third-order valence-corrected chi connectivity index (χ3v) is 1.60. The lowest BCUT2D eigenvalue weighted by Gasteiger charge is -2.02. The molecule has 84 valence electrons. The van der Waals surface area contributed by atoms with Crippen LogP contribution in [0.1, 0.15) is 5.56 Å². The maximum absolute atomic E-state index is 10.4. The Morgan fingerprint density at radius 2 is 1.31 bits per heavy atom. The number of hydrogen-bond donors (Lipinski definition) is 0. The van der Waals surface area contributed by atoms with E-state index in [1.165, 1.54) is 0 Å². The fraction of sp³-hybridized carbons (Fsp3) is 0. The summed E-state index contributed by atoms with van der Waals surface area (Å²) >= 11 is 0. The molecule has 0 aliphatic rings. The average Bonchev–Trinajstić information content (AvgIpc) is 2.15. The highest BCUT2D eigenvalue weighted by Crippen LogP contribution is 2.21. The molecule has 0 N–H and O–H groups in total. The molecule has 0 aromatic heterocycles. The van der Waals surface area contributed by atoms with Gasteiger partial charge >= 0.3 is 0 Å². The van der Waals surface area contributed by atoms with Gasteiger partial charge in [-0.2, -0.15) is 4.90 Å². The van der Waals surface area contributed by atoms with Crippen molar-refractivity contribution in [3.8, 4) is 0 Å². The van der Waals surface area contributed by atoms with Crippen molar-refractivity contribution in [1.29, 1.82) is 0 Å². The second kappa shape index (κ2) is 4.21. The van der Waals surface area contributed by atoms with Gasteiger partial charge in [0.2, 0.25) is 0 Å². The zero-order valence-corrected chi connectivity index (χ0v) is 7.60. The van der Waals surface area contributed by atoms with Gasteiger partial charge < -0.3 is 10.4 Å². The molecule has 16 heavy (non-hydrogen) atoms. The highest BCUT2D eigenvalue weighted by molar-refractivity contribution is 5.78. The monoisotopic (exact) mass is 226 g/mol. The van der Waals surface area contributed by atoms with Crippen LogP contribution in [0.2, 0.25) is 0 Å². The van der Waals surface area contributed by atoms with Crippen LogP contribution in [0.4, 0.5) is 11.4 Å². The summed E-state index contributed by atoms with van der Waals surface area (Å²) in [7, 11) is 0. The van der Waals surface area contributed by atoms with Crippen LogP contribution in [0.15, 0.2) is 18.2 Å². The quantitative estimate of drug-likeness (QED) is 0.325. The maximum Gasteiger partial charge on any atom is 0.277 e. The van der Waals surface area contributed by atoms with Crippen molar-refractivity contribution in [2.45, 2.75) is 0 Å². The van der Waals surface area contributed by atoms with Gasteiger partial charge in [0.1, 0.15) is 0 Å². The van der Waals surface area contributed by atoms with Crippen molar-refractivity contribution >= 4 is 17.6 Å². The van der Waals surface area contributed by atoms with Gasteiger partial charge in [0.15, 0.2) is 6.21 Å². The van der Waals surface area contributed by atoms with Gasteiger partial charge in [0, 0.05) is 12.1 Å². The third-order valence-electron chi connectivity index (χ3n) is 1.60. The Morgan fingerprint density at radius 1 is 0.875 bits per heavy atom. The van der Waals surface area contributed by atoms with E-state index >= 15 is 0 Å². The smallest absolute Gasteiger partial charge is 0.277 e. The Morgan fingerprint density at radius 3 is 1.62 bits per heavy atom. The van der Waals surface area contributed by atoms with Gasteiger partial charge in [-0.15, -0.1) is 0 Å². The van der Waals surface area contributed by atoms with E-state index in [-0.39, 0.29) is 5.56 Å². The van der Waals surface area contributed by atoms with E-state index < -0.39 is 26.1 Å². The second-order valence-electron chi connectivity index (χ2n) is 2.71. The lowest BCUT2D eigenvalue weighted by atomic mass is 10.2. The minimum atomic E-state index is -0.857. The van der Waals surface area contributed by atoms with Gasteiger partial charge in [-0.25, -0.2) is 0 Å². The van der Waals surface area contributed by atoms with Gasteiger partial charge in [0.25, 0.3) is 11.4 Å². The van der Waals surface area contributed by atoms with Crippen LogP contribution in [0.25, 0.3) is 0 Å². The molecule has 0 aliphatic carbocycles. The van der Waals surface area contributed by atoms with Crippen molar-refractivity contribution in [1.82, 2.24) is 0 Å². The predicted molar refractivity (Wildman–Crippen MR) is 51.9 cm³/mol. The van der Waals surface area contributed by atoms with Gasteiger partial charge in [-0.1, -0.05) is 0 Å². The molecule has 0 fully saturated rings. The van der Waals surface area contributed by atoms with Crippen molar-refractivity contribution in [3.05, 3.63) is 54.4 Å². The fourth-order valence-corrected chi connectivity index (χ4v) is 1.03. The molecule has 0 spiro atoms. The molecule has 0 heterocycles. The second-order valence-corrected chi connectivity index (χ2v) is 2.71. The number of nitro benzene ring substituents is 2. The standard InChI is InChI=1S/C7H4N3O6/c11-8(12)4-5-1-6(9(13)14)3-7(2-5)10(15)16/h1-4H/q-1. The van der Waals surface area contributed by atoms with E-state index in [9.17, 15) is 30.6 Å². The summed E-state index contributed by atoms with van der Waals surface area (Å²) in [5.74, 6) is 0. The molecule has 0 unspecified atom stereocenters. The SMILES string of the molecule is O=[N+]([O-])c1cc(C=[N+]([O-])[O-])cc([N+](=O)[O-])c1. The minimum absolute atomic E-state index is 0.203. The molecular weight excluding hydrogens is 222 g/mol. The summed E-state index contributed by atoms with van der Waals surface area (Å²) in [6.45, 7) is 0. The molecule has 0 amide bonds. The van der Waals surface area contributed by atoms with E-state index in [4.69, 9.17) is 0 Å². The Hall–Kier alpha value is -2.71. The summed E-state index contributed by atoms with van der Waals surface area (Å²) < 4.78 is 0. The number of non-ortho nitro benzene ring substituents is 2. The normalized spacial score (nSPS) is 9.50. The molecule has 0 saturated heterocycles. The van der Waals surface area contributed by atoms with Crippen molar-refractivity contribution in [2.75, 3.05) is 0 Å². The predicted octanol–water partition coefficient (Wildman–Crippen LogP) is 0.930. The minimum Gasteiger partial charge on any atom is -0.612 e. The van der Waals surface area contributed by atoms with Crippen molar-refractivity contribution in [3.63, 3.8) is 0 Å². The first-order valence-electron chi connectivity index (χ1n) is 3.82. The lowest BCUT2D eigenvalue weighted by Crippen LogP contribution is -1.99. The third kappa shape index (κ3) is 2.64. The van der Waals surface area contributed by atoms with E-state index in [1.807, 2.05) is 0 Å². The summed E-state index contributed by atoms with van der Waals surface area (Å²) in [5, 5.41) is 41.1. The van der Waals surface area contributed by atoms with Gasteiger partial charge in [-0.05, 0) is 0 Å². The Kier molecular flexibility index (Phi) is 2.99. The van der Waals surface area contributed by atoms with E-state index in [0.29, 0.717) is 6.21 Å². The molecule has 9 heteroatoms. The molecule has 9 nitrogen and oxygen atoms in total. The van der Waals surface area contributed by atoms with E-state index in [2.05, 4.69) is 0 Å². The van der Waals surface area contributed by atoms with E-state index in [0.717, 1.165) is 18.2 Å². The topological polar surface area (TPSA) is 135 Å². The molecule has 0 aliphatic heterocycles. The van der Waals surface area contributed by atoms with Crippen LogP contribution in [-0.2, 0) is 0 Å². The van der Waals surface area contributed by atoms with Gasteiger partial charge in [0.05, 0.1) is 21.5 Å². The van der Waals surface area contributed by atoms with Gasteiger partial charge in [-0.3, -0.25) is 20.2 Å². The molecule has 0 saturated carbocycles. The van der Waals surface area contributed by atoms with Crippen molar-refractivity contribution in [2.24, 2.45) is 0 Å². The highest BCUT2D eigenvalue weighted by Gasteiger charge is 2.16. The van der Waals surface area contributed by atoms with Crippen LogP contribution in [0, 0.1) is 30.6 Å². The van der Waals surface area contributed by atoms with Crippen LogP contribution >= 0.6 is 0 Å². The first-order valence-corrected chi connectivity index (χ1v) is 3.82. The largest absolute Gasteiger partial charge is 0.612 e. The fourth-order valence-electron chi connectivity index (χ4n) is 1.03. The van der Waals surface area contributed by atoms with Crippen LogP contribution < -0.4 is 0 Å². The number of rotatable bonds is 3. The zero-order valence-electron chi connectivity index (χ0n) is 7.60. The lowest BCUT2D eigenvalue weighted by molar-refractivity contribution is -0.394. The molecule has 1 aromatic carbocycles. The Bertz CT molecular complexity index is 447. The molecule has 0 radical (unpaired) electrons. The molecule has 1 aromatic rings. The number of nitrogens with zero attached hydrogens (tertiary/aromatic N) is 3. The summed E-state index contributed by atoms with van der Waals surface area (Å²) in [6.07, 6.45) is 0.458. The first-order chi connectivity index (χ1) is 7.40. The van der Waals surface area contributed by atoms with Crippen LogP contribution in [-0.4, -0.2) is 21.0 Å². The van der Waals surface area contributed by atoms with Crippen molar-refractivity contribution < 1.29 is 14.7 Å². The van der Waals surface area contributed by atoms with Crippen LogP contribution in [0.5, 0.6) is 0 Å². The highest BCUT2D eigenvalue weighted by atomic mass is 16.8.